The standard InChI is InChI=1S/C37H27N5/c1-37(2)29-23-28(21-22-31(29)42-32-16-10-9-15-30(32)38-36(37)42)35-40-33(26-13-7-4-8-14-26)39-34(41-35)27-19-17-25(18-20-27)24-11-5-3-6-12-24/h3-23H,1-2H3. The third kappa shape index (κ3) is 3.85. The maximum absolute atomic E-state index is 5.02. The largest absolute Gasteiger partial charge is 0.295 e. The molecule has 0 spiro atoms. The summed E-state index contributed by atoms with van der Waals surface area (Å²) in [6.45, 7) is 4.48. The van der Waals surface area contributed by atoms with Crippen molar-refractivity contribution in [1.29, 1.82) is 0 Å². The molecule has 0 aliphatic carbocycles. The fourth-order valence-electron chi connectivity index (χ4n) is 5.97. The number of para-hydroxylation sites is 2. The van der Waals surface area contributed by atoms with Gasteiger partial charge in [-0.3, -0.25) is 4.57 Å². The Balaban J connectivity index is 1.26. The van der Waals surface area contributed by atoms with Crippen molar-refractivity contribution in [3.05, 3.63) is 139 Å². The first kappa shape index (κ1) is 24.4. The van der Waals surface area contributed by atoms with Crippen molar-refractivity contribution in [2.24, 2.45) is 0 Å². The van der Waals surface area contributed by atoms with E-state index in [4.69, 9.17) is 19.9 Å². The van der Waals surface area contributed by atoms with Crippen LogP contribution in [0.1, 0.15) is 25.2 Å². The van der Waals surface area contributed by atoms with Crippen LogP contribution in [-0.4, -0.2) is 24.5 Å². The van der Waals surface area contributed by atoms with Crippen LogP contribution < -0.4 is 0 Å². The summed E-state index contributed by atoms with van der Waals surface area (Å²) in [4.78, 5) is 19.9. The fourth-order valence-corrected chi connectivity index (χ4v) is 5.97. The lowest BCUT2D eigenvalue weighted by Gasteiger charge is -2.18. The third-order valence-electron chi connectivity index (χ3n) is 8.21. The van der Waals surface area contributed by atoms with E-state index >= 15 is 0 Å². The number of nitrogens with zero attached hydrogens (tertiary/aromatic N) is 5. The molecular formula is C37H27N5. The van der Waals surface area contributed by atoms with E-state index < -0.39 is 0 Å². The zero-order valence-electron chi connectivity index (χ0n) is 23.4. The van der Waals surface area contributed by atoms with Crippen LogP contribution in [0.5, 0.6) is 0 Å². The summed E-state index contributed by atoms with van der Waals surface area (Å²) in [6.07, 6.45) is 0. The van der Waals surface area contributed by atoms with Gasteiger partial charge in [0.1, 0.15) is 5.82 Å². The minimum Gasteiger partial charge on any atom is -0.295 e. The van der Waals surface area contributed by atoms with Crippen molar-refractivity contribution in [2.75, 3.05) is 0 Å². The van der Waals surface area contributed by atoms with Gasteiger partial charge in [0, 0.05) is 16.7 Å². The number of imidazole rings is 1. The van der Waals surface area contributed by atoms with Crippen LogP contribution in [0.15, 0.2) is 127 Å². The summed E-state index contributed by atoms with van der Waals surface area (Å²) < 4.78 is 2.29. The van der Waals surface area contributed by atoms with Crippen LogP contribution in [0.25, 0.3) is 62.0 Å². The first-order valence-corrected chi connectivity index (χ1v) is 14.2. The summed E-state index contributed by atoms with van der Waals surface area (Å²) in [5.41, 5.74) is 9.43. The van der Waals surface area contributed by atoms with E-state index in [9.17, 15) is 0 Å². The molecule has 1 aliphatic heterocycles. The predicted octanol–water partition coefficient (Wildman–Crippen LogP) is 8.52. The lowest BCUT2D eigenvalue weighted by Crippen LogP contribution is -2.16. The van der Waals surface area contributed by atoms with E-state index in [1.807, 2.05) is 42.5 Å². The van der Waals surface area contributed by atoms with E-state index in [2.05, 4.69) is 103 Å². The Kier molecular flexibility index (Phi) is 5.41. The highest BCUT2D eigenvalue weighted by atomic mass is 15.1. The van der Waals surface area contributed by atoms with Crippen molar-refractivity contribution < 1.29 is 0 Å². The first-order valence-electron chi connectivity index (χ1n) is 14.2. The van der Waals surface area contributed by atoms with E-state index in [0.29, 0.717) is 17.5 Å². The van der Waals surface area contributed by atoms with Crippen LogP contribution in [0, 0.1) is 0 Å². The quantitative estimate of drug-likeness (QED) is 0.224. The Morgan fingerprint density at radius 1 is 0.476 bits per heavy atom. The molecule has 0 N–H and O–H groups in total. The van der Waals surface area contributed by atoms with Gasteiger partial charge in [0.25, 0.3) is 0 Å². The smallest absolute Gasteiger partial charge is 0.164 e. The molecule has 0 fully saturated rings. The molecule has 8 rings (SSSR count). The molecule has 5 aromatic carbocycles. The molecule has 7 aromatic rings. The summed E-state index contributed by atoms with van der Waals surface area (Å²) in [7, 11) is 0. The SMILES string of the molecule is CC1(C)c2cc(-c3nc(-c4ccccc4)nc(-c4ccc(-c5ccccc5)cc4)n3)ccc2-n2c1nc1ccccc12. The van der Waals surface area contributed by atoms with Gasteiger partial charge >= 0.3 is 0 Å². The highest BCUT2D eigenvalue weighted by Gasteiger charge is 2.39. The van der Waals surface area contributed by atoms with Gasteiger partial charge in [0.05, 0.1) is 22.1 Å². The van der Waals surface area contributed by atoms with Crippen LogP contribution in [0.2, 0.25) is 0 Å². The van der Waals surface area contributed by atoms with Crippen molar-refractivity contribution in [2.45, 2.75) is 19.3 Å². The minimum atomic E-state index is -0.268. The third-order valence-corrected chi connectivity index (χ3v) is 8.21. The molecule has 0 radical (unpaired) electrons. The van der Waals surface area contributed by atoms with Gasteiger partial charge < -0.3 is 0 Å². The average Bonchev–Trinajstić information content (AvgIpc) is 3.55. The van der Waals surface area contributed by atoms with Gasteiger partial charge in [0.15, 0.2) is 17.5 Å². The number of hydrogen-bond acceptors (Lipinski definition) is 4. The molecule has 0 unspecified atom stereocenters. The average molecular weight is 542 g/mol. The van der Waals surface area contributed by atoms with Crippen LogP contribution in [-0.2, 0) is 5.41 Å². The highest BCUT2D eigenvalue weighted by molar-refractivity contribution is 5.82. The molecule has 0 saturated carbocycles. The topological polar surface area (TPSA) is 56.5 Å². The van der Waals surface area contributed by atoms with E-state index in [-0.39, 0.29) is 5.41 Å². The van der Waals surface area contributed by atoms with Gasteiger partial charge in [-0.05, 0) is 60.9 Å². The molecule has 0 amide bonds. The van der Waals surface area contributed by atoms with E-state index in [1.165, 1.54) is 11.1 Å². The van der Waals surface area contributed by atoms with Crippen LogP contribution in [0.4, 0.5) is 0 Å². The van der Waals surface area contributed by atoms with E-state index in [1.54, 1.807) is 0 Å². The van der Waals surface area contributed by atoms with Crippen LogP contribution >= 0.6 is 0 Å². The number of aromatic nitrogens is 5. The number of fused-ring (bicyclic) bond motifs is 5. The van der Waals surface area contributed by atoms with Crippen molar-refractivity contribution in [3.63, 3.8) is 0 Å². The lowest BCUT2D eigenvalue weighted by atomic mass is 9.84. The zero-order chi connectivity index (χ0) is 28.3. The Hall–Kier alpha value is -5.42. The lowest BCUT2D eigenvalue weighted by molar-refractivity contribution is 0.621. The predicted molar refractivity (Wildman–Crippen MR) is 168 cm³/mol. The molecule has 0 bridgehead atoms. The fraction of sp³-hybridized carbons (Fsp3) is 0.0811. The second-order valence-electron chi connectivity index (χ2n) is 11.2. The molecule has 1 aliphatic rings. The number of hydrogen-bond donors (Lipinski definition) is 0. The second kappa shape index (κ2) is 9.32. The minimum absolute atomic E-state index is 0.268. The van der Waals surface area contributed by atoms with Crippen LogP contribution in [0.3, 0.4) is 0 Å². The molecule has 0 atom stereocenters. The van der Waals surface area contributed by atoms with Gasteiger partial charge in [-0.25, -0.2) is 19.9 Å². The van der Waals surface area contributed by atoms with Crippen molar-refractivity contribution in [3.8, 4) is 51.0 Å². The molecule has 5 nitrogen and oxygen atoms in total. The Labute approximate surface area is 244 Å². The molecule has 0 saturated heterocycles. The Bertz CT molecular complexity index is 2090. The molecule has 3 heterocycles. The normalized spacial score (nSPS) is 13.2. The summed E-state index contributed by atoms with van der Waals surface area (Å²) in [5.74, 6) is 3.01. The Morgan fingerprint density at radius 3 is 1.67 bits per heavy atom. The number of benzene rings is 5. The highest BCUT2D eigenvalue weighted by Crippen LogP contribution is 2.45. The van der Waals surface area contributed by atoms with E-state index in [0.717, 1.165) is 44.8 Å². The van der Waals surface area contributed by atoms with Gasteiger partial charge in [-0.15, -0.1) is 0 Å². The molecule has 2 aromatic heterocycles. The maximum Gasteiger partial charge on any atom is 0.164 e. The molecule has 42 heavy (non-hydrogen) atoms. The maximum atomic E-state index is 5.02. The number of rotatable bonds is 4. The molecule has 5 heteroatoms. The first-order chi connectivity index (χ1) is 20.6. The van der Waals surface area contributed by atoms with Gasteiger partial charge in [0.2, 0.25) is 0 Å². The monoisotopic (exact) mass is 541 g/mol. The molecular weight excluding hydrogens is 514 g/mol. The second-order valence-corrected chi connectivity index (χ2v) is 11.2. The summed E-state index contributed by atoms with van der Waals surface area (Å²) >= 11 is 0. The summed E-state index contributed by atoms with van der Waals surface area (Å²) in [6, 6.07) is 43.8. The molecule has 200 valence electrons. The zero-order valence-corrected chi connectivity index (χ0v) is 23.4. The Morgan fingerprint density at radius 2 is 0.976 bits per heavy atom. The van der Waals surface area contributed by atoms with Gasteiger partial charge in [-0.1, -0.05) is 97.1 Å². The van der Waals surface area contributed by atoms with Gasteiger partial charge in [-0.2, -0.15) is 0 Å². The van der Waals surface area contributed by atoms with Crippen molar-refractivity contribution in [1.82, 2.24) is 24.5 Å². The van der Waals surface area contributed by atoms with Crippen molar-refractivity contribution >= 4 is 11.0 Å². The summed E-state index contributed by atoms with van der Waals surface area (Å²) in [5, 5.41) is 0.